The van der Waals surface area contributed by atoms with E-state index >= 15 is 0 Å². The summed E-state index contributed by atoms with van der Waals surface area (Å²) in [5.41, 5.74) is 1.23. The molecule has 0 radical (unpaired) electrons. The van der Waals surface area contributed by atoms with E-state index in [0.717, 1.165) is 18.7 Å². The lowest BCUT2D eigenvalue weighted by Crippen LogP contribution is -2.33. The van der Waals surface area contributed by atoms with Gasteiger partial charge in [0.25, 0.3) is 0 Å². The lowest BCUT2D eigenvalue weighted by molar-refractivity contribution is 0.0276. The second kappa shape index (κ2) is 5.84. The molecule has 1 fully saturated rings. The summed E-state index contributed by atoms with van der Waals surface area (Å²) in [5.74, 6) is -0.902. The maximum atomic E-state index is 10.8. The van der Waals surface area contributed by atoms with Crippen LogP contribution in [0.25, 0.3) is 0 Å². The molecular formula is C11H14ClNO3. The van der Waals surface area contributed by atoms with Gasteiger partial charge in [-0.1, -0.05) is 12.1 Å². The molecule has 0 aromatic heterocycles. The third-order valence-electron chi connectivity index (χ3n) is 2.43. The Balaban J connectivity index is 0.00000128. The average molecular weight is 244 g/mol. The van der Waals surface area contributed by atoms with Crippen LogP contribution in [0.15, 0.2) is 24.3 Å². The summed E-state index contributed by atoms with van der Waals surface area (Å²) >= 11 is 0. The van der Waals surface area contributed by atoms with E-state index in [9.17, 15) is 4.79 Å². The number of carbonyl (C=O) groups is 1. The second-order valence-corrected chi connectivity index (χ2v) is 3.49. The SMILES string of the molecule is Cl.O=C(O)c1cccc([C@H]2CNCCO2)c1. The highest BCUT2D eigenvalue weighted by Gasteiger charge is 2.16. The summed E-state index contributed by atoms with van der Waals surface area (Å²) in [5, 5.41) is 12.1. The molecule has 5 heteroatoms. The lowest BCUT2D eigenvalue weighted by Gasteiger charge is -2.24. The summed E-state index contributed by atoms with van der Waals surface area (Å²) < 4.78 is 5.54. The van der Waals surface area contributed by atoms with Gasteiger partial charge in [0.1, 0.15) is 0 Å². The van der Waals surface area contributed by atoms with Crippen molar-refractivity contribution in [2.45, 2.75) is 6.10 Å². The number of rotatable bonds is 2. The number of halogens is 1. The first-order chi connectivity index (χ1) is 7.27. The zero-order valence-corrected chi connectivity index (χ0v) is 9.50. The van der Waals surface area contributed by atoms with E-state index in [1.807, 2.05) is 6.07 Å². The molecule has 1 saturated heterocycles. The fourth-order valence-corrected chi connectivity index (χ4v) is 1.65. The third kappa shape index (κ3) is 2.95. The van der Waals surface area contributed by atoms with Crippen molar-refractivity contribution in [3.05, 3.63) is 35.4 Å². The van der Waals surface area contributed by atoms with E-state index in [1.165, 1.54) is 0 Å². The van der Waals surface area contributed by atoms with E-state index < -0.39 is 5.97 Å². The van der Waals surface area contributed by atoms with Gasteiger partial charge >= 0.3 is 5.97 Å². The first-order valence-corrected chi connectivity index (χ1v) is 4.93. The summed E-state index contributed by atoms with van der Waals surface area (Å²) in [6, 6.07) is 6.89. The third-order valence-corrected chi connectivity index (χ3v) is 2.43. The minimum atomic E-state index is -0.902. The van der Waals surface area contributed by atoms with Gasteiger partial charge in [-0.15, -0.1) is 12.4 Å². The van der Waals surface area contributed by atoms with Gasteiger partial charge in [-0.05, 0) is 17.7 Å². The van der Waals surface area contributed by atoms with Gasteiger partial charge in [0, 0.05) is 13.1 Å². The molecule has 88 valence electrons. The number of ether oxygens (including phenoxy) is 1. The molecule has 0 aliphatic carbocycles. The fourth-order valence-electron chi connectivity index (χ4n) is 1.65. The molecule has 0 spiro atoms. The van der Waals surface area contributed by atoms with Crippen molar-refractivity contribution in [1.29, 1.82) is 0 Å². The molecule has 1 aromatic rings. The van der Waals surface area contributed by atoms with Gasteiger partial charge in [-0.3, -0.25) is 0 Å². The number of hydrogen-bond donors (Lipinski definition) is 2. The van der Waals surface area contributed by atoms with Crippen LogP contribution in [-0.4, -0.2) is 30.8 Å². The van der Waals surface area contributed by atoms with Gasteiger partial charge in [0.05, 0.1) is 18.3 Å². The summed E-state index contributed by atoms with van der Waals surface area (Å²) in [7, 11) is 0. The van der Waals surface area contributed by atoms with Crippen molar-refractivity contribution in [3.8, 4) is 0 Å². The predicted molar refractivity (Wildman–Crippen MR) is 62.2 cm³/mol. The summed E-state index contributed by atoms with van der Waals surface area (Å²) in [6.45, 7) is 2.26. The van der Waals surface area contributed by atoms with Crippen LogP contribution in [0.2, 0.25) is 0 Å². The van der Waals surface area contributed by atoms with E-state index in [1.54, 1.807) is 18.2 Å². The largest absolute Gasteiger partial charge is 0.478 e. The van der Waals surface area contributed by atoms with Crippen molar-refractivity contribution in [2.24, 2.45) is 0 Å². The van der Waals surface area contributed by atoms with Crippen molar-refractivity contribution >= 4 is 18.4 Å². The Morgan fingerprint density at radius 1 is 1.50 bits per heavy atom. The van der Waals surface area contributed by atoms with Crippen LogP contribution in [0.5, 0.6) is 0 Å². The van der Waals surface area contributed by atoms with Crippen LogP contribution in [0, 0.1) is 0 Å². The van der Waals surface area contributed by atoms with Gasteiger partial charge in [0.15, 0.2) is 0 Å². The van der Waals surface area contributed by atoms with E-state index in [0.29, 0.717) is 12.2 Å². The highest BCUT2D eigenvalue weighted by molar-refractivity contribution is 5.87. The Hall–Kier alpha value is -1.10. The van der Waals surface area contributed by atoms with Crippen molar-refractivity contribution in [3.63, 3.8) is 0 Å². The van der Waals surface area contributed by atoms with Crippen molar-refractivity contribution in [1.82, 2.24) is 5.32 Å². The Kier molecular flexibility index (Phi) is 4.73. The molecule has 16 heavy (non-hydrogen) atoms. The molecule has 2 rings (SSSR count). The van der Waals surface area contributed by atoms with Gasteiger partial charge in [-0.25, -0.2) is 4.79 Å². The molecule has 1 aliphatic heterocycles. The predicted octanol–water partition coefficient (Wildman–Crippen LogP) is 1.47. The van der Waals surface area contributed by atoms with Crippen LogP contribution in [-0.2, 0) is 4.74 Å². The number of hydrogen-bond acceptors (Lipinski definition) is 3. The number of nitrogens with one attached hydrogen (secondary N) is 1. The number of aromatic carboxylic acids is 1. The molecule has 1 aliphatic rings. The second-order valence-electron chi connectivity index (χ2n) is 3.49. The molecule has 1 heterocycles. The topological polar surface area (TPSA) is 58.6 Å². The Bertz CT molecular complexity index is 364. The first kappa shape index (κ1) is 13.0. The molecule has 0 saturated carbocycles. The fraction of sp³-hybridized carbons (Fsp3) is 0.364. The number of benzene rings is 1. The van der Waals surface area contributed by atoms with Gasteiger partial charge < -0.3 is 15.2 Å². The Morgan fingerprint density at radius 3 is 2.94 bits per heavy atom. The quantitative estimate of drug-likeness (QED) is 0.826. The Morgan fingerprint density at radius 2 is 2.31 bits per heavy atom. The van der Waals surface area contributed by atoms with E-state index in [4.69, 9.17) is 9.84 Å². The van der Waals surface area contributed by atoms with E-state index in [-0.39, 0.29) is 18.5 Å². The standard InChI is InChI=1S/C11H13NO3.ClH/c13-11(14)9-3-1-2-8(6-9)10-7-12-4-5-15-10;/h1-3,6,10,12H,4-5,7H2,(H,13,14);1H/t10-;/m1./s1. The number of carboxylic acids is 1. The Labute approximate surface area is 100 Å². The van der Waals surface area contributed by atoms with Gasteiger partial charge in [-0.2, -0.15) is 0 Å². The summed E-state index contributed by atoms with van der Waals surface area (Å²) in [6.07, 6.45) is -0.0296. The van der Waals surface area contributed by atoms with Crippen molar-refractivity contribution in [2.75, 3.05) is 19.7 Å². The molecule has 1 atom stereocenters. The maximum Gasteiger partial charge on any atom is 0.335 e. The van der Waals surface area contributed by atoms with Crippen LogP contribution in [0.1, 0.15) is 22.0 Å². The molecule has 0 amide bonds. The molecule has 0 bridgehead atoms. The highest BCUT2D eigenvalue weighted by atomic mass is 35.5. The van der Waals surface area contributed by atoms with Crippen molar-refractivity contribution < 1.29 is 14.6 Å². The molecule has 0 unspecified atom stereocenters. The molecular weight excluding hydrogens is 230 g/mol. The normalized spacial score (nSPS) is 19.9. The molecule has 2 N–H and O–H groups in total. The zero-order valence-electron chi connectivity index (χ0n) is 8.68. The van der Waals surface area contributed by atoms with Gasteiger partial charge in [0.2, 0.25) is 0 Å². The summed E-state index contributed by atoms with van der Waals surface area (Å²) in [4.78, 5) is 10.8. The molecule has 1 aromatic carbocycles. The van der Waals surface area contributed by atoms with E-state index in [2.05, 4.69) is 5.32 Å². The monoisotopic (exact) mass is 243 g/mol. The van der Waals surface area contributed by atoms with Crippen LogP contribution >= 0.6 is 12.4 Å². The maximum absolute atomic E-state index is 10.8. The minimum Gasteiger partial charge on any atom is -0.478 e. The highest BCUT2D eigenvalue weighted by Crippen LogP contribution is 2.19. The zero-order chi connectivity index (χ0) is 10.7. The lowest BCUT2D eigenvalue weighted by atomic mass is 10.1. The number of morpholine rings is 1. The minimum absolute atomic E-state index is 0. The number of carboxylic acid groups (broad SMARTS) is 1. The smallest absolute Gasteiger partial charge is 0.335 e. The van der Waals surface area contributed by atoms with Crippen LogP contribution in [0.4, 0.5) is 0 Å². The van der Waals surface area contributed by atoms with Crippen LogP contribution < -0.4 is 5.32 Å². The van der Waals surface area contributed by atoms with Crippen LogP contribution in [0.3, 0.4) is 0 Å². The first-order valence-electron chi connectivity index (χ1n) is 4.93. The molecule has 4 nitrogen and oxygen atoms in total. The average Bonchev–Trinajstić information content (AvgIpc) is 2.30.